The smallest absolute Gasteiger partial charge is 0.0593 e. The highest BCUT2D eigenvalue weighted by atomic mass is 16.5. The zero-order valence-electron chi connectivity index (χ0n) is 10.5. The van der Waals surface area contributed by atoms with Gasteiger partial charge in [0.1, 0.15) is 0 Å². The SMILES string of the molecule is CCOCCN(C)CC1CCNC(C)C1. The average molecular weight is 214 g/mol. The van der Waals surface area contributed by atoms with E-state index in [1.54, 1.807) is 0 Å². The fraction of sp³-hybridized carbons (Fsp3) is 1.00. The van der Waals surface area contributed by atoms with Crippen LogP contribution in [0.3, 0.4) is 0 Å². The average Bonchev–Trinajstić information content (AvgIpc) is 2.18. The van der Waals surface area contributed by atoms with Gasteiger partial charge in [-0.15, -0.1) is 0 Å². The second-order valence-electron chi connectivity index (χ2n) is 4.70. The van der Waals surface area contributed by atoms with Crippen molar-refractivity contribution < 1.29 is 4.74 Å². The molecule has 1 heterocycles. The fourth-order valence-corrected chi connectivity index (χ4v) is 2.30. The van der Waals surface area contributed by atoms with Crippen molar-refractivity contribution in [2.75, 3.05) is 39.9 Å². The molecule has 1 rings (SSSR count). The van der Waals surface area contributed by atoms with E-state index in [0.29, 0.717) is 6.04 Å². The number of nitrogens with zero attached hydrogens (tertiary/aromatic N) is 1. The van der Waals surface area contributed by atoms with E-state index in [2.05, 4.69) is 31.1 Å². The summed E-state index contributed by atoms with van der Waals surface area (Å²) in [6.07, 6.45) is 2.64. The van der Waals surface area contributed by atoms with E-state index in [4.69, 9.17) is 4.74 Å². The molecule has 1 saturated heterocycles. The molecule has 0 saturated carbocycles. The normalized spacial score (nSPS) is 27.2. The maximum Gasteiger partial charge on any atom is 0.0593 e. The molecule has 15 heavy (non-hydrogen) atoms. The molecule has 90 valence electrons. The maximum atomic E-state index is 5.36. The molecular formula is C12H26N2O. The third-order valence-corrected chi connectivity index (χ3v) is 3.12. The Kier molecular flexibility index (Phi) is 6.22. The van der Waals surface area contributed by atoms with Gasteiger partial charge >= 0.3 is 0 Å². The third kappa shape index (κ3) is 5.50. The summed E-state index contributed by atoms with van der Waals surface area (Å²) in [6.45, 7) is 9.50. The molecule has 0 radical (unpaired) electrons. The molecule has 1 N–H and O–H groups in total. The summed E-state index contributed by atoms with van der Waals surface area (Å²) >= 11 is 0. The van der Waals surface area contributed by atoms with Crippen molar-refractivity contribution in [2.24, 2.45) is 5.92 Å². The highest BCUT2D eigenvalue weighted by Crippen LogP contribution is 2.16. The van der Waals surface area contributed by atoms with Gasteiger partial charge < -0.3 is 15.0 Å². The molecule has 3 nitrogen and oxygen atoms in total. The first-order chi connectivity index (χ1) is 7.22. The van der Waals surface area contributed by atoms with Crippen molar-refractivity contribution in [2.45, 2.75) is 32.7 Å². The molecule has 2 unspecified atom stereocenters. The lowest BCUT2D eigenvalue weighted by atomic mass is 9.93. The summed E-state index contributed by atoms with van der Waals surface area (Å²) < 4.78 is 5.36. The summed E-state index contributed by atoms with van der Waals surface area (Å²) in [5.41, 5.74) is 0. The van der Waals surface area contributed by atoms with Gasteiger partial charge in [-0.2, -0.15) is 0 Å². The molecular weight excluding hydrogens is 188 g/mol. The number of rotatable bonds is 6. The van der Waals surface area contributed by atoms with Crippen LogP contribution in [0.4, 0.5) is 0 Å². The lowest BCUT2D eigenvalue weighted by Crippen LogP contribution is -2.40. The van der Waals surface area contributed by atoms with Crippen molar-refractivity contribution in [3.05, 3.63) is 0 Å². The minimum atomic E-state index is 0.698. The van der Waals surface area contributed by atoms with E-state index in [-0.39, 0.29) is 0 Å². The van der Waals surface area contributed by atoms with Crippen LogP contribution in [0.2, 0.25) is 0 Å². The molecule has 0 aromatic heterocycles. The van der Waals surface area contributed by atoms with E-state index >= 15 is 0 Å². The Morgan fingerprint density at radius 2 is 2.27 bits per heavy atom. The Bertz CT molecular complexity index is 164. The summed E-state index contributed by atoms with van der Waals surface area (Å²) in [4.78, 5) is 2.40. The molecule has 0 aromatic rings. The monoisotopic (exact) mass is 214 g/mol. The van der Waals surface area contributed by atoms with Crippen LogP contribution in [0.15, 0.2) is 0 Å². The van der Waals surface area contributed by atoms with E-state index in [1.807, 2.05) is 0 Å². The van der Waals surface area contributed by atoms with Crippen LogP contribution < -0.4 is 5.32 Å². The number of hydrogen-bond donors (Lipinski definition) is 1. The van der Waals surface area contributed by atoms with Gasteiger partial charge in [-0.25, -0.2) is 0 Å². The van der Waals surface area contributed by atoms with E-state index in [0.717, 1.165) is 25.7 Å². The molecule has 3 heteroatoms. The minimum Gasteiger partial charge on any atom is -0.380 e. The van der Waals surface area contributed by atoms with Gasteiger partial charge in [0.2, 0.25) is 0 Å². The topological polar surface area (TPSA) is 24.5 Å². The van der Waals surface area contributed by atoms with E-state index < -0.39 is 0 Å². The molecule has 0 bridgehead atoms. The molecule has 0 spiro atoms. The summed E-state index contributed by atoms with van der Waals surface area (Å²) in [5.74, 6) is 0.868. The third-order valence-electron chi connectivity index (χ3n) is 3.12. The Hall–Kier alpha value is -0.120. The van der Waals surface area contributed by atoms with Gasteiger partial charge in [-0.3, -0.25) is 0 Å². The highest BCUT2D eigenvalue weighted by Gasteiger charge is 2.19. The second-order valence-corrected chi connectivity index (χ2v) is 4.70. The Balaban J connectivity index is 2.10. The van der Waals surface area contributed by atoms with Crippen LogP contribution in [0.5, 0.6) is 0 Å². The van der Waals surface area contributed by atoms with Gasteiger partial charge in [0, 0.05) is 25.7 Å². The molecule has 2 atom stereocenters. The second kappa shape index (κ2) is 7.20. The Morgan fingerprint density at radius 1 is 1.47 bits per heavy atom. The van der Waals surface area contributed by atoms with Gasteiger partial charge in [0.05, 0.1) is 6.61 Å². The standard InChI is InChI=1S/C12H26N2O/c1-4-15-8-7-14(3)10-12-5-6-13-11(2)9-12/h11-13H,4-10H2,1-3H3. The predicted molar refractivity (Wildman–Crippen MR) is 64.2 cm³/mol. The first kappa shape index (κ1) is 12.9. The number of hydrogen-bond acceptors (Lipinski definition) is 3. The predicted octanol–water partition coefficient (Wildman–Crippen LogP) is 1.34. The van der Waals surface area contributed by atoms with Crippen LogP contribution in [-0.2, 0) is 4.74 Å². The lowest BCUT2D eigenvalue weighted by molar-refractivity contribution is 0.112. The number of piperidine rings is 1. The molecule has 0 amide bonds. The first-order valence-corrected chi connectivity index (χ1v) is 6.22. The van der Waals surface area contributed by atoms with Crippen LogP contribution in [0, 0.1) is 5.92 Å². The first-order valence-electron chi connectivity index (χ1n) is 6.22. The van der Waals surface area contributed by atoms with E-state index in [1.165, 1.54) is 25.9 Å². The number of ether oxygens (including phenoxy) is 1. The Labute approximate surface area is 94.2 Å². The minimum absolute atomic E-state index is 0.698. The van der Waals surface area contributed by atoms with Crippen LogP contribution >= 0.6 is 0 Å². The van der Waals surface area contributed by atoms with Crippen LogP contribution in [0.25, 0.3) is 0 Å². The largest absolute Gasteiger partial charge is 0.380 e. The summed E-state index contributed by atoms with van der Waals surface area (Å²) in [5, 5.41) is 3.49. The van der Waals surface area contributed by atoms with Gasteiger partial charge in [0.15, 0.2) is 0 Å². The number of likely N-dealkylation sites (N-methyl/N-ethyl adjacent to an activating group) is 1. The zero-order chi connectivity index (χ0) is 11.1. The molecule has 0 aliphatic carbocycles. The molecule has 1 fully saturated rings. The van der Waals surface area contributed by atoms with Gasteiger partial charge in [-0.05, 0) is 46.2 Å². The number of nitrogens with one attached hydrogen (secondary N) is 1. The molecule has 1 aliphatic heterocycles. The highest BCUT2D eigenvalue weighted by molar-refractivity contribution is 4.76. The lowest BCUT2D eigenvalue weighted by Gasteiger charge is -2.31. The van der Waals surface area contributed by atoms with Crippen molar-refractivity contribution in [3.63, 3.8) is 0 Å². The van der Waals surface area contributed by atoms with Crippen molar-refractivity contribution in [1.82, 2.24) is 10.2 Å². The van der Waals surface area contributed by atoms with Crippen LogP contribution in [0.1, 0.15) is 26.7 Å². The van der Waals surface area contributed by atoms with Crippen molar-refractivity contribution >= 4 is 0 Å². The van der Waals surface area contributed by atoms with Crippen molar-refractivity contribution in [3.8, 4) is 0 Å². The fourth-order valence-electron chi connectivity index (χ4n) is 2.30. The molecule has 1 aliphatic rings. The van der Waals surface area contributed by atoms with Crippen molar-refractivity contribution in [1.29, 1.82) is 0 Å². The van der Waals surface area contributed by atoms with Crippen LogP contribution in [-0.4, -0.2) is 50.8 Å². The van der Waals surface area contributed by atoms with Gasteiger partial charge in [0.25, 0.3) is 0 Å². The van der Waals surface area contributed by atoms with Gasteiger partial charge in [-0.1, -0.05) is 0 Å². The van der Waals surface area contributed by atoms with E-state index in [9.17, 15) is 0 Å². The quantitative estimate of drug-likeness (QED) is 0.675. The maximum absolute atomic E-state index is 5.36. The Morgan fingerprint density at radius 3 is 2.93 bits per heavy atom. The molecule has 0 aromatic carbocycles. The summed E-state index contributed by atoms with van der Waals surface area (Å²) in [6, 6.07) is 0.698. The zero-order valence-corrected chi connectivity index (χ0v) is 10.5. The summed E-state index contributed by atoms with van der Waals surface area (Å²) in [7, 11) is 2.20.